The molecule has 3 aromatic rings. The number of esters is 4. The number of aryl methyl sites for hydroxylation is 2. The molecule has 2 aliphatic carbocycles. The maximum atomic E-state index is 13.0. The van der Waals surface area contributed by atoms with Gasteiger partial charge in [0.1, 0.15) is 11.5 Å². The zero-order chi connectivity index (χ0) is 37.6. The highest BCUT2D eigenvalue weighted by Gasteiger charge is 2.33. The molecule has 0 N–H and O–H groups in total. The number of carbonyl (C=O) groups is 4. The fourth-order valence-electron chi connectivity index (χ4n) is 7.25. The Labute approximate surface area is 318 Å². The van der Waals surface area contributed by atoms with Crippen LogP contribution >= 0.6 is 11.6 Å². The molecule has 0 spiro atoms. The number of rotatable bonds is 16. The highest BCUT2D eigenvalue weighted by atomic mass is 35.5. The van der Waals surface area contributed by atoms with Crippen molar-refractivity contribution in [3.8, 4) is 11.5 Å². The van der Waals surface area contributed by atoms with E-state index in [1.807, 2.05) is 0 Å². The van der Waals surface area contributed by atoms with Gasteiger partial charge in [0.05, 0.1) is 41.9 Å². The van der Waals surface area contributed by atoms with Gasteiger partial charge < -0.3 is 18.9 Å². The molecule has 2 fully saturated rings. The third-order valence-corrected chi connectivity index (χ3v) is 10.8. The zero-order valence-corrected chi connectivity index (χ0v) is 31.9. The molecular formula is C44H53ClO8. The average Bonchev–Trinajstić information content (AvgIpc) is 3.17. The lowest BCUT2D eigenvalue weighted by atomic mass is 9.82. The van der Waals surface area contributed by atoms with Crippen LogP contribution in [0, 0.1) is 23.7 Å². The van der Waals surface area contributed by atoms with Gasteiger partial charge in [-0.15, -0.1) is 0 Å². The second-order valence-corrected chi connectivity index (χ2v) is 14.9. The van der Waals surface area contributed by atoms with Crippen molar-refractivity contribution in [1.29, 1.82) is 0 Å². The van der Waals surface area contributed by atoms with Crippen LogP contribution in [0.25, 0.3) is 0 Å². The summed E-state index contributed by atoms with van der Waals surface area (Å²) in [6.45, 7) is 5.00. The van der Waals surface area contributed by atoms with E-state index in [-0.39, 0.29) is 58.1 Å². The van der Waals surface area contributed by atoms with E-state index in [4.69, 9.17) is 30.5 Å². The molecule has 0 radical (unpaired) electrons. The fraction of sp³-hybridized carbons (Fsp3) is 0.500. The standard InChI is InChI=1S/C44H53ClO8/c1-3-5-30-7-11-32(12-8-30)25-27-50-41(46)34-15-19-36(20-16-34)43(48)52-38-23-24-40(39(45)29-38)53-44(49)37-21-17-35(18-22-37)42(47)51-28-26-33-13-9-31(6-4-2)10-14-33/h7-14,23-24,29,34-37H,3-6,15-22,25-28H2,1-2H3. The SMILES string of the molecule is CCCc1ccc(CCOC(=O)C2CCC(C(=O)Oc3ccc(OC(=O)C4CCC(C(=O)OCCc5ccc(CCC)cc5)CC4)c(Cl)c3)CC2)cc1. The monoisotopic (exact) mass is 744 g/mol. The Balaban J connectivity index is 0.974. The summed E-state index contributed by atoms with van der Waals surface area (Å²) < 4.78 is 22.4. The third kappa shape index (κ3) is 12.2. The lowest BCUT2D eigenvalue weighted by molar-refractivity contribution is -0.152. The van der Waals surface area contributed by atoms with E-state index in [1.165, 1.54) is 23.3 Å². The number of carbonyl (C=O) groups excluding carboxylic acids is 4. The first-order valence-corrected chi connectivity index (χ1v) is 19.8. The summed E-state index contributed by atoms with van der Waals surface area (Å²) in [6, 6.07) is 21.4. The van der Waals surface area contributed by atoms with Crippen molar-refractivity contribution < 1.29 is 38.1 Å². The molecule has 8 nitrogen and oxygen atoms in total. The number of hydrogen-bond acceptors (Lipinski definition) is 8. The summed E-state index contributed by atoms with van der Waals surface area (Å²) in [5, 5.41) is 0.157. The number of benzene rings is 3. The van der Waals surface area contributed by atoms with Gasteiger partial charge in [-0.05, 0) is 98.6 Å². The Kier molecular flexibility index (Phi) is 15.4. The molecule has 0 aromatic heterocycles. The van der Waals surface area contributed by atoms with E-state index < -0.39 is 5.97 Å². The van der Waals surface area contributed by atoms with Crippen LogP contribution in [0.3, 0.4) is 0 Å². The Morgan fingerprint density at radius 1 is 0.509 bits per heavy atom. The molecule has 0 heterocycles. The van der Waals surface area contributed by atoms with Crippen molar-refractivity contribution in [2.45, 2.75) is 104 Å². The van der Waals surface area contributed by atoms with E-state index in [1.54, 1.807) is 6.07 Å². The Hall–Kier alpha value is -4.17. The first kappa shape index (κ1) is 40.0. The van der Waals surface area contributed by atoms with Gasteiger partial charge in [-0.25, -0.2) is 0 Å². The minimum absolute atomic E-state index is 0.157. The second kappa shape index (κ2) is 20.3. The summed E-state index contributed by atoms with van der Waals surface area (Å²) in [7, 11) is 0. The molecule has 284 valence electrons. The van der Waals surface area contributed by atoms with E-state index in [9.17, 15) is 19.2 Å². The Morgan fingerprint density at radius 2 is 0.868 bits per heavy atom. The molecule has 0 bridgehead atoms. The molecule has 0 amide bonds. The lowest BCUT2D eigenvalue weighted by Gasteiger charge is -2.26. The first-order chi connectivity index (χ1) is 25.7. The maximum Gasteiger partial charge on any atom is 0.314 e. The summed E-state index contributed by atoms with van der Waals surface area (Å²) in [5.41, 5.74) is 4.91. The highest BCUT2D eigenvalue weighted by Crippen LogP contribution is 2.35. The van der Waals surface area contributed by atoms with Gasteiger partial charge in [0.2, 0.25) is 0 Å². The Morgan fingerprint density at radius 3 is 1.25 bits per heavy atom. The average molecular weight is 745 g/mol. The quantitative estimate of drug-likeness (QED) is 0.106. The van der Waals surface area contributed by atoms with Crippen molar-refractivity contribution in [3.63, 3.8) is 0 Å². The van der Waals surface area contributed by atoms with E-state index in [0.717, 1.165) is 36.8 Å². The van der Waals surface area contributed by atoms with Crippen LogP contribution in [0.4, 0.5) is 0 Å². The van der Waals surface area contributed by atoms with Crippen LogP contribution in [0.15, 0.2) is 66.7 Å². The van der Waals surface area contributed by atoms with Gasteiger partial charge >= 0.3 is 23.9 Å². The smallest absolute Gasteiger partial charge is 0.314 e. The van der Waals surface area contributed by atoms with Crippen LogP contribution in [0.2, 0.25) is 5.02 Å². The van der Waals surface area contributed by atoms with Crippen molar-refractivity contribution in [3.05, 3.63) is 94.0 Å². The van der Waals surface area contributed by atoms with Crippen LogP contribution in [0.1, 0.15) is 100 Å². The predicted octanol–water partition coefficient (Wildman–Crippen LogP) is 9.24. The zero-order valence-electron chi connectivity index (χ0n) is 31.1. The molecule has 0 atom stereocenters. The van der Waals surface area contributed by atoms with Gasteiger partial charge in [0.25, 0.3) is 0 Å². The summed E-state index contributed by atoms with van der Waals surface area (Å²) in [4.78, 5) is 51.3. The molecule has 2 saturated carbocycles. The molecule has 0 unspecified atom stereocenters. The van der Waals surface area contributed by atoms with Crippen molar-refractivity contribution in [2.75, 3.05) is 13.2 Å². The molecule has 2 aliphatic rings. The minimum atomic E-state index is -0.397. The number of halogens is 1. The van der Waals surface area contributed by atoms with Crippen LogP contribution < -0.4 is 9.47 Å². The van der Waals surface area contributed by atoms with Gasteiger partial charge in [-0.1, -0.05) is 86.8 Å². The van der Waals surface area contributed by atoms with Gasteiger partial charge in [0.15, 0.2) is 0 Å². The predicted molar refractivity (Wildman–Crippen MR) is 204 cm³/mol. The van der Waals surface area contributed by atoms with E-state index in [0.29, 0.717) is 77.4 Å². The topological polar surface area (TPSA) is 105 Å². The molecule has 0 aliphatic heterocycles. The molecule has 3 aromatic carbocycles. The number of hydrogen-bond donors (Lipinski definition) is 0. The highest BCUT2D eigenvalue weighted by molar-refractivity contribution is 6.32. The molecule has 5 rings (SSSR count). The van der Waals surface area contributed by atoms with E-state index in [2.05, 4.69) is 62.4 Å². The number of ether oxygens (including phenoxy) is 4. The summed E-state index contributed by atoms with van der Waals surface area (Å²) in [6.07, 6.45) is 10.1. The first-order valence-electron chi connectivity index (χ1n) is 19.4. The third-order valence-electron chi connectivity index (χ3n) is 10.5. The van der Waals surface area contributed by atoms with Gasteiger partial charge in [-0.2, -0.15) is 0 Å². The normalized spacial score (nSPS) is 19.9. The summed E-state index contributed by atoms with van der Waals surface area (Å²) in [5.74, 6) is -1.85. The summed E-state index contributed by atoms with van der Waals surface area (Å²) >= 11 is 6.43. The van der Waals surface area contributed by atoms with Gasteiger partial charge in [-0.3, -0.25) is 19.2 Å². The van der Waals surface area contributed by atoms with Crippen LogP contribution in [-0.2, 0) is 54.3 Å². The van der Waals surface area contributed by atoms with Crippen molar-refractivity contribution >= 4 is 35.5 Å². The fourth-order valence-corrected chi connectivity index (χ4v) is 7.45. The van der Waals surface area contributed by atoms with Crippen molar-refractivity contribution in [1.82, 2.24) is 0 Å². The van der Waals surface area contributed by atoms with Gasteiger partial charge in [0, 0.05) is 18.9 Å². The molecule has 9 heteroatoms. The van der Waals surface area contributed by atoms with Crippen molar-refractivity contribution in [2.24, 2.45) is 23.7 Å². The van der Waals surface area contributed by atoms with Crippen LogP contribution in [-0.4, -0.2) is 37.1 Å². The van der Waals surface area contributed by atoms with E-state index >= 15 is 0 Å². The Bertz CT molecular complexity index is 1650. The molecule has 0 saturated heterocycles. The second-order valence-electron chi connectivity index (χ2n) is 14.5. The lowest BCUT2D eigenvalue weighted by Crippen LogP contribution is -2.30. The van der Waals surface area contributed by atoms with Crippen LogP contribution in [0.5, 0.6) is 11.5 Å². The minimum Gasteiger partial charge on any atom is -0.465 e. The molecule has 53 heavy (non-hydrogen) atoms. The maximum absolute atomic E-state index is 13.0. The molecular weight excluding hydrogens is 692 g/mol. The largest absolute Gasteiger partial charge is 0.465 e.